The Morgan fingerprint density at radius 2 is 1.70 bits per heavy atom. The van der Waals surface area contributed by atoms with Crippen LogP contribution in [0.3, 0.4) is 0 Å². The van der Waals surface area contributed by atoms with E-state index in [1.54, 1.807) is 0 Å². The van der Waals surface area contributed by atoms with E-state index >= 15 is 0 Å². The highest BCUT2D eigenvalue weighted by molar-refractivity contribution is 4.80. The number of aliphatic hydroxyl groups is 1. The number of piperidine rings is 1. The molecule has 20 heavy (non-hydrogen) atoms. The third-order valence-corrected chi connectivity index (χ3v) is 4.66. The van der Waals surface area contributed by atoms with Gasteiger partial charge < -0.3 is 14.7 Å². The van der Waals surface area contributed by atoms with Crippen LogP contribution in [0, 0.1) is 5.92 Å². The van der Waals surface area contributed by atoms with Crippen LogP contribution in [0.4, 0.5) is 0 Å². The van der Waals surface area contributed by atoms with Crippen molar-refractivity contribution in [2.45, 2.75) is 58.3 Å². The standard InChI is InChI=1S/C16H32N2O2/c1-4-16(19)12-17-7-5-15(6-8-17)11-18-9-13(2)20-14(3)10-18/h13-16,19H,4-12H2,1-3H3/t13?,14?,16-/m1/s1. The van der Waals surface area contributed by atoms with Crippen molar-refractivity contribution in [1.82, 2.24) is 9.80 Å². The number of ether oxygens (including phenoxy) is 1. The van der Waals surface area contributed by atoms with Crippen LogP contribution in [0.5, 0.6) is 0 Å². The molecule has 1 N–H and O–H groups in total. The van der Waals surface area contributed by atoms with E-state index in [1.807, 2.05) is 0 Å². The Hall–Kier alpha value is -0.160. The van der Waals surface area contributed by atoms with Gasteiger partial charge in [0.1, 0.15) is 0 Å². The van der Waals surface area contributed by atoms with Crippen molar-refractivity contribution >= 4 is 0 Å². The van der Waals surface area contributed by atoms with Crippen molar-refractivity contribution in [3.05, 3.63) is 0 Å². The second-order valence-electron chi connectivity index (χ2n) is 6.78. The largest absolute Gasteiger partial charge is 0.392 e. The van der Waals surface area contributed by atoms with Crippen molar-refractivity contribution in [3.8, 4) is 0 Å². The van der Waals surface area contributed by atoms with Gasteiger partial charge in [0.2, 0.25) is 0 Å². The molecule has 2 fully saturated rings. The summed E-state index contributed by atoms with van der Waals surface area (Å²) in [6, 6.07) is 0. The minimum atomic E-state index is -0.146. The van der Waals surface area contributed by atoms with Crippen LogP contribution in [0.15, 0.2) is 0 Å². The number of nitrogens with zero attached hydrogens (tertiary/aromatic N) is 2. The van der Waals surface area contributed by atoms with Crippen LogP contribution in [-0.2, 0) is 4.74 Å². The van der Waals surface area contributed by atoms with Gasteiger partial charge in [0, 0.05) is 26.2 Å². The maximum absolute atomic E-state index is 9.73. The highest BCUT2D eigenvalue weighted by atomic mass is 16.5. The SMILES string of the molecule is CC[C@@H](O)CN1CCC(CN2CC(C)OC(C)C2)CC1. The molecule has 2 aliphatic heterocycles. The van der Waals surface area contributed by atoms with Gasteiger partial charge >= 0.3 is 0 Å². The number of hydrogen-bond acceptors (Lipinski definition) is 4. The first-order valence-corrected chi connectivity index (χ1v) is 8.35. The minimum Gasteiger partial charge on any atom is -0.392 e. The van der Waals surface area contributed by atoms with E-state index in [2.05, 4.69) is 30.6 Å². The smallest absolute Gasteiger partial charge is 0.0678 e. The fourth-order valence-corrected chi connectivity index (χ4v) is 3.58. The molecule has 0 amide bonds. The Kier molecular flexibility index (Phi) is 6.27. The number of hydrogen-bond donors (Lipinski definition) is 1. The second-order valence-corrected chi connectivity index (χ2v) is 6.78. The molecule has 4 heteroatoms. The summed E-state index contributed by atoms with van der Waals surface area (Å²) in [5.74, 6) is 0.822. The summed E-state index contributed by atoms with van der Waals surface area (Å²) >= 11 is 0. The molecule has 3 atom stereocenters. The zero-order chi connectivity index (χ0) is 14.5. The molecule has 0 radical (unpaired) electrons. The quantitative estimate of drug-likeness (QED) is 0.831. The average molecular weight is 284 g/mol. The molecule has 0 spiro atoms. The van der Waals surface area contributed by atoms with E-state index in [-0.39, 0.29) is 6.10 Å². The Labute approximate surface area is 124 Å². The summed E-state index contributed by atoms with van der Waals surface area (Å²) in [7, 11) is 0. The molecule has 2 saturated heterocycles. The first kappa shape index (κ1) is 16.2. The third-order valence-electron chi connectivity index (χ3n) is 4.66. The Balaban J connectivity index is 1.69. The van der Waals surface area contributed by atoms with Crippen LogP contribution in [0.25, 0.3) is 0 Å². The molecule has 2 heterocycles. The van der Waals surface area contributed by atoms with Crippen LogP contribution in [0.2, 0.25) is 0 Å². The van der Waals surface area contributed by atoms with Crippen molar-refractivity contribution in [2.75, 3.05) is 39.3 Å². The molecule has 0 bridgehead atoms. The van der Waals surface area contributed by atoms with Crippen LogP contribution < -0.4 is 0 Å². The van der Waals surface area contributed by atoms with E-state index in [0.29, 0.717) is 12.2 Å². The van der Waals surface area contributed by atoms with Crippen LogP contribution in [-0.4, -0.2) is 72.5 Å². The Morgan fingerprint density at radius 1 is 1.10 bits per heavy atom. The summed E-state index contributed by atoms with van der Waals surface area (Å²) in [5.41, 5.74) is 0. The highest BCUT2D eigenvalue weighted by Gasteiger charge is 2.26. The molecular weight excluding hydrogens is 252 g/mol. The van der Waals surface area contributed by atoms with Crippen molar-refractivity contribution < 1.29 is 9.84 Å². The summed E-state index contributed by atoms with van der Waals surface area (Å²) in [6.07, 6.45) is 4.01. The monoisotopic (exact) mass is 284 g/mol. The van der Waals surface area contributed by atoms with Gasteiger partial charge in [-0.25, -0.2) is 0 Å². The molecule has 118 valence electrons. The van der Waals surface area contributed by atoms with Gasteiger partial charge in [-0.05, 0) is 52.1 Å². The minimum absolute atomic E-state index is 0.146. The van der Waals surface area contributed by atoms with E-state index in [1.165, 1.54) is 19.4 Å². The fourth-order valence-electron chi connectivity index (χ4n) is 3.58. The fraction of sp³-hybridized carbons (Fsp3) is 1.00. The van der Waals surface area contributed by atoms with Crippen molar-refractivity contribution in [2.24, 2.45) is 5.92 Å². The lowest BCUT2D eigenvalue weighted by molar-refractivity contribution is -0.0734. The first-order chi connectivity index (χ1) is 9.56. The molecule has 0 aliphatic carbocycles. The maximum Gasteiger partial charge on any atom is 0.0678 e. The number of rotatable bonds is 5. The lowest BCUT2D eigenvalue weighted by Crippen LogP contribution is -2.48. The molecule has 2 rings (SSSR count). The maximum atomic E-state index is 9.73. The number of β-amino-alcohol motifs (C(OH)–C–C–N with tert-alkyl or cyclic N) is 1. The molecule has 0 aromatic heterocycles. The predicted octanol–water partition coefficient (Wildman–Crippen LogP) is 1.58. The average Bonchev–Trinajstić information content (AvgIpc) is 2.39. The summed E-state index contributed by atoms with van der Waals surface area (Å²) in [4.78, 5) is 5.01. The Bertz CT molecular complexity index is 270. The van der Waals surface area contributed by atoms with Crippen molar-refractivity contribution in [3.63, 3.8) is 0 Å². The molecular formula is C16H32N2O2. The molecule has 0 aromatic rings. The first-order valence-electron chi connectivity index (χ1n) is 8.35. The highest BCUT2D eigenvalue weighted by Crippen LogP contribution is 2.21. The van der Waals surface area contributed by atoms with E-state index < -0.39 is 0 Å². The Morgan fingerprint density at radius 3 is 2.25 bits per heavy atom. The normalized spacial score (nSPS) is 32.4. The number of morpholine rings is 1. The molecule has 0 aromatic carbocycles. The lowest BCUT2D eigenvalue weighted by Gasteiger charge is -2.39. The zero-order valence-electron chi connectivity index (χ0n) is 13.4. The third kappa shape index (κ3) is 4.99. The number of likely N-dealkylation sites (tertiary alicyclic amines) is 1. The van der Waals surface area contributed by atoms with Crippen LogP contribution >= 0.6 is 0 Å². The van der Waals surface area contributed by atoms with Gasteiger partial charge in [0.25, 0.3) is 0 Å². The van der Waals surface area contributed by atoms with Crippen molar-refractivity contribution in [1.29, 1.82) is 0 Å². The predicted molar refractivity (Wildman–Crippen MR) is 81.9 cm³/mol. The van der Waals surface area contributed by atoms with Gasteiger partial charge in [-0.3, -0.25) is 4.90 Å². The lowest BCUT2D eigenvalue weighted by atomic mass is 9.95. The zero-order valence-corrected chi connectivity index (χ0v) is 13.4. The number of aliphatic hydroxyl groups excluding tert-OH is 1. The van der Waals surface area contributed by atoms with E-state index in [9.17, 15) is 5.11 Å². The molecule has 2 aliphatic rings. The van der Waals surface area contributed by atoms with Gasteiger partial charge in [-0.2, -0.15) is 0 Å². The molecule has 2 unspecified atom stereocenters. The van der Waals surface area contributed by atoms with E-state index in [0.717, 1.165) is 45.1 Å². The molecule has 0 saturated carbocycles. The van der Waals surface area contributed by atoms with E-state index in [4.69, 9.17) is 4.74 Å². The second kappa shape index (κ2) is 7.74. The summed E-state index contributed by atoms with van der Waals surface area (Å²) < 4.78 is 5.80. The van der Waals surface area contributed by atoms with Gasteiger partial charge in [-0.1, -0.05) is 6.92 Å². The van der Waals surface area contributed by atoms with Crippen LogP contribution in [0.1, 0.15) is 40.0 Å². The topological polar surface area (TPSA) is 35.9 Å². The van der Waals surface area contributed by atoms with Gasteiger partial charge in [0.15, 0.2) is 0 Å². The molecule has 4 nitrogen and oxygen atoms in total. The summed E-state index contributed by atoms with van der Waals surface area (Å²) in [5, 5.41) is 9.73. The van der Waals surface area contributed by atoms with Gasteiger partial charge in [-0.15, -0.1) is 0 Å². The summed E-state index contributed by atoms with van der Waals surface area (Å²) in [6.45, 7) is 13.0. The van der Waals surface area contributed by atoms with Gasteiger partial charge in [0.05, 0.1) is 18.3 Å².